The number of amides is 1. The number of carbonyl (C=O) groups excluding carboxylic acids is 2. The predicted molar refractivity (Wildman–Crippen MR) is 125 cm³/mol. The van der Waals surface area contributed by atoms with Crippen molar-refractivity contribution in [2.45, 2.75) is 57.4 Å². The minimum Gasteiger partial charge on any atom is -0.595 e. The molecule has 5 unspecified atom stereocenters. The van der Waals surface area contributed by atoms with Crippen LogP contribution in [0.2, 0.25) is 0 Å². The average Bonchev–Trinajstić information content (AvgIpc) is 3.23. The Bertz CT molecular complexity index is 1160. The molecule has 180 valence electrons. The van der Waals surface area contributed by atoms with Crippen LogP contribution < -0.4 is 10.8 Å². The van der Waals surface area contributed by atoms with E-state index in [-0.39, 0.29) is 35.3 Å². The third kappa shape index (κ3) is 4.21. The summed E-state index contributed by atoms with van der Waals surface area (Å²) in [6.45, 7) is 3.48. The number of likely N-dealkylation sites (tertiary alicyclic amines) is 1. The van der Waals surface area contributed by atoms with E-state index >= 15 is 0 Å². The van der Waals surface area contributed by atoms with E-state index in [1.165, 1.54) is 6.07 Å². The summed E-state index contributed by atoms with van der Waals surface area (Å²) in [6.07, 6.45) is 4.34. The van der Waals surface area contributed by atoms with Crippen LogP contribution in [0.15, 0.2) is 41.2 Å². The van der Waals surface area contributed by atoms with Crippen molar-refractivity contribution in [2.24, 2.45) is 11.8 Å². The van der Waals surface area contributed by atoms with Gasteiger partial charge in [-0.25, -0.2) is 5.21 Å². The van der Waals surface area contributed by atoms with Gasteiger partial charge in [-0.2, -0.15) is 5.23 Å². The molecular formula is C26H31N3O5. The molecule has 2 fully saturated rings. The normalized spacial score (nSPS) is 25.7. The fraction of sp³-hybridized carbons (Fsp3) is 0.500. The highest BCUT2D eigenvalue weighted by Crippen LogP contribution is 2.36. The van der Waals surface area contributed by atoms with Crippen molar-refractivity contribution in [3.63, 3.8) is 0 Å². The van der Waals surface area contributed by atoms with E-state index in [0.717, 1.165) is 42.5 Å². The SMILES string of the molecule is CC(C(=O)N1CC2CC(C1)c1ccc([NH+]([O-])O)c(=O)n1C2)c1ccc(CC2CCCC2=O)cc1. The summed E-state index contributed by atoms with van der Waals surface area (Å²) < 4.78 is 1.60. The second-order valence-corrected chi connectivity index (χ2v) is 10.2. The number of quaternary nitrogens is 1. The Morgan fingerprint density at radius 3 is 2.59 bits per heavy atom. The van der Waals surface area contributed by atoms with Gasteiger partial charge in [-0.15, -0.1) is 0 Å². The first-order chi connectivity index (χ1) is 16.3. The number of pyridine rings is 1. The van der Waals surface area contributed by atoms with E-state index < -0.39 is 10.8 Å². The second kappa shape index (κ2) is 9.09. The van der Waals surface area contributed by atoms with Gasteiger partial charge in [0.1, 0.15) is 5.78 Å². The third-order valence-corrected chi connectivity index (χ3v) is 7.91. The first kappa shape index (κ1) is 23.0. The van der Waals surface area contributed by atoms with Gasteiger partial charge in [-0.1, -0.05) is 24.3 Å². The van der Waals surface area contributed by atoms with E-state index in [1.807, 2.05) is 36.1 Å². The Morgan fingerprint density at radius 1 is 1.15 bits per heavy atom. The van der Waals surface area contributed by atoms with Crippen molar-refractivity contribution >= 4 is 17.4 Å². The van der Waals surface area contributed by atoms with E-state index in [0.29, 0.717) is 31.8 Å². The van der Waals surface area contributed by atoms with Gasteiger partial charge in [-0.05, 0) is 55.7 Å². The van der Waals surface area contributed by atoms with E-state index in [2.05, 4.69) is 0 Å². The maximum absolute atomic E-state index is 13.4. The average molecular weight is 466 g/mol. The van der Waals surface area contributed by atoms with Crippen molar-refractivity contribution in [3.8, 4) is 0 Å². The van der Waals surface area contributed by atoms with Crippen molar-refractivity contribution in [3.05, 3.63) is 68.8 Å². The monoisotopic (exact) mass is 465 g/mol. The lowest BCUT2D eigenvalue weighted by Gasteiger charge is -2.43. The van der Waals surface area contributed by atoms with Crippen LogP contribution in [0.3, 0.4) is 0 Å². The Kier molecular flexibility index (Phi) is 6.14. The molecule has 1 saturated carbocycles. The number of carbonyl (C=O) groups is 2. The van der Waals surface area contributed by atoms with Gasteiger partial charge in [0.25, 0.3) is 0 Å². The summed E-state index contributed by atoms with van der Waals surface area (Å²) in [6, 6.07) is 11.2. The molecule has 8 nitrogen and oxygen atoms in total. The highest BCUT2D eigenvalue weighted by atomic mass is 16.8. The zero-order valence-corrected chi connectivity index (χ0v) is 19.4. The van der Waals surface area contributed by atoms with Crippen molar-refractivity contribution in [1.82, 2.24) is 9.47 Å². The molecule has 2 aliphatic heterocycles. The molecule has 2 bridgehead atoms. The molecule has 1 aliphatic carbocycles. The molecule has 2 N–H and O–H groups in total. The largest absolute Gasteiger partial charge is 0.595 e. The van der Waals surface area contributed by atoms with Crippen LogP contribution in [0.1, 0.15) is 61.3 Å². The summed E-state index contributed by atoms with van der Waals surface area (Å²) in [5.74, 6) is 0.468. The number of nitrogens with zero attached hydrogens (tertiary/aromatic N) is 2. The third-order valence-electron chi connectivity index (χ3n) is 7.91. The zero-order chi connectivity index (χ0) is 24.0. The van der Waals surface area contributed by atoms with Gasteiger partial charge < -0.3 is 14.7 Å². The molecule has 8 heteroatoms. The smallest absolute Gasteiger partial charge is 0.315 e. The lowest BCUT2D eigenvalue weighted by Crippen LogP contribution is -3.00. The standard InChI is InChI=1S/C26H31N3O5/c1-16(19-7-5-17(6-8-19)11-20-3-2-4-24(20)30)25(31)27-13-18-12-21(15-27)22-9-10-23(29(33)34)26(32)28(22)14-18/h5-10,16,18,20-21,29,33H,2-4,11-15H2,1H3. The number of piperidine rings is 1. The van der Waals surface area contributed by atoms with Gasteiger partial charge in [0, 0.05) is 49.7 Å². The van der Waals surface area contributed by atoms with Gasteiger partial charge in [0.2, 0.25) is 11.6 Å². The summed E-state index contributed by atoms with van der Waals surface area (Å²) >= 11 is 0. The molecule has 3 heterocycles. The number of benzene rings is 1. The molecule has 1 saturated heterocycles. The second-order valence-electron chi connectivity index (χ2n) is 10.2. The number of hydrogen-bond donors (Lipinski definition) is 2. The zero-order valence-electron chi connectivity index (χ0n) is 19.4. The molecule has 34 heavy (non-hydrogen) atoms. The van der Waals surface area contributed by atoms with E-state index in [1.54, 1.807) is 10.6 Å². The molecule has 5 rings (SSSR count). The summed E-state index contributed by atoms with van der Waals surface area (Å²) in [5, 5.41) is 19.4. The van der Waals surface area contributed by atoms with Crippen LogP contribution in [-0.2, 0) is 22.6 Å². The first-order valence-electron chi connectivity index (χ1n) is 12.2. The highest BCUT2D eigenvalue weighted by Gasteiger charge is 2.38. The number of rotatable bonds is 5. The minimum absolute atomic E-state index is 0.0329. The number of Topliss-reactive ketones (excluding diaryl/α,β-unsaturated/α-hetero) is 1. The Morgan fingerprint density at radius 2 is 1.91 bits per heavy atom. The highest BCUT2D eigenvalue weighted by molar-refractivity contribution is 5.84. The van der Waals surface area contributed by atoms with E-state index in [4.69, 9.17) is 0 Å². The minimum atomic E-state index is -1.21. The summed E-state index contributed by atoms with van der Waals surface area (Å²) in [4.78, 5) is 39.9. The summed E-state index contributed by atoms with van der Waals surface area (Å²) in [7, 11) is 0. The molecule has 3 aliphatic rings. The molecule has 5 atom stereocenters. The van der Waals surface area contributed by atoms with Crippen LogP contribution in [0.5, 0.6) is 0 Å². The molecule has 2 aromatic rings. The molecule has 0 radical (unpaired) electrons. The molecule has 0 spiro atoms. The fourth-order valence-corrected chi connectivity index (χ4v) is 6.04. The van der Waals surface area contributed by atoms with E-state index in [9.17, 15) is 24.8 Å². The number of ketones is 1. The molecule has 1 amide bonds. The Labute approximate surface area is 198 Å². The lowest BCUT2D eigenvalue weighted by molar-refractivity contribution is -0.992. The number of hydrogen-bond acceptors (Lipinski definition) is 5. The number of fused-ring (bicyclic) bond motifs is 4. The van der Waals surface area contributed by atoms with Gasteiger partial charge in [0.05, 0.1) is 5.92 Å². The Hall–Kier alpha value is -2.81. The number of nitrogens with one attached hydrogen (secondary N) is 1. The van der Waals surface area contributed by atoms with Crippen LogP contribution >= 0.6 is 0 Å². The topological polar surface area (TPSA) is 107 Å². The molecule has 1 aromatic heterocycles. The van der Waals surface area contributed by atoms with Gasteiger partial charge >= 0.3 is 5.56 Å². The first-order valence-corrected chi connectivity index (χ1v) is 12.2. The van der Waals surface area contributed by atoms with Crippen molar-refractivity contribution in [2.75, 3.05) is 13.1 Å². The maximum Gasteiger partial charge on any atom is 0.315 e. The predicted octanol–water partition coefficient (Wildman–Crippen LogP) is 1.91. The van der Waals surface area contributed by atoms with Crippen LogP contribution in [0.25, 0.3) is 0 Å². The lowest BCUT2D eigenvalue weighted by atomic mass is 9.82. The summed E-state index contributed by atoms with van der Waals surface area (Å²) in [5.41, 5.74) is 2.27. The van der Waals surface area contributed by atoms with Crippen LogP contribution in [-0.4, -0.2) is 39.5 Å². The van der Waals surface area contributed by atoms with Crippen molar-refractivity contribution < 1.29 is 20.0 Å². The van der Waals surface area contributed by atoms with Crippen LogP contribution in [0.4, 0.5) is 5.69 Å². The maximum atomic E-state index is 13.4. The number of aromatic nitrogens is 1. The fourth-order valence-electron chi connectivity index (χ4n) is 6.04. The quantitative estimate of drug-likeness (QED) is 0.656. The van der Waals surface area contributed by atoms with Crippen LogP contribution in [0, 0.1) is 17.0 Å². The van der Waals surface area contributed by atoms with Gasteiger partial charge in [0.15, 0.2) is 0 Å². The molecule has 1 aromatic carbocycles. The van der Waals surface area contributed by atoms with Gasteiger partial charge in [-0.3, -0.25) is 14.4 Å². The Balaban J connectivity index is 1.28. The molecular weight excluding hydrogens is 434 g/mol. The van der Waals surface area contributed by atoms with Crippen molar-refractivity contribution in [1.29, 1.82) is 0 Å².